The van der Waals surface area contributed by atoms with Crippen molar-refractivity contribution < 1.29 is 9.52 Å². The first-order valence-corrected chi connectivity index (χ1v) is 7.58. The first kappa shape index (κ1) is 12.8. The molecule has 1 N–H and O–H groups in total. The molecule has 0 fully saturated rings. The molecular weight excluding hydrogens is 326 g/mol. The lowest BCUT2D eigenvalue weighted by Gasteiger charge is -2.04. The molecule has 0 radical (unpaired) electrons. The van der Waals surface area contributed by atoms with Gasteiger partial charge in [-0.15, -0.1) is 11.3 Å². The smallest absolute Gasteiger partial charge is 0.148 e. The summed E-state index contributed by atoms with van der Waals surface area (Å²) < 4.78 is 6.61. The molecular formula is C14H12BrNO2S. The van der Waals surface area contributed by atoms with Crippen LogP contribution in [0.5, 0.6) is 0 Å². The summed E-state index contributed by atoms with van der Waals surface area (Å²) in [6.45, 7) is 1.96. The molecule has 1 unspecified atom stereocenters. The van der Waals surface area contributed by atoms with Gasteiger partial charge in [-0.05, 0) is 35.0 Å². The Balaban J connectivity index is 1.89. The summed E-state index contributed by atoms with van der Waals surface area (Å²) in [6, 6.07) is 7.71. The topological polar surface area (TPSA) is 46.3 Å². The average Bonchev–Trinajstić information content (AvgIpc) is 2.96. The van der Waals surface area contributed by atoms with E-state index >= 15 is 0 Å². The van der Waals surface area contributed by atoms with Crippen molar-refractivity contribution in [3.8, 4) is 0 Å². The van der Waals surface area contributed by atoms with Gasteiger partial charge in [0.15, 0.2) is 0 Å². The van der Waals surface area contributed by atoms with E-state index in [2.05, 4.69) is 20.9 Å². The Hall–Kier alpha value is -1.17. The highest BCUT2D eigenvalue weighted by molar-refractivity contribution is 9.10. The van der Waals surface area contributed by atoms with Gasteiger partial charge < -0.3 is 9.52 Å². The Morgan fingerprint density at radius 3 is 3.00 bits per heavy atom. The lowest BCUT2D eigenvalue weighted by molar-refractivity contribution is 0.151. The van der Waals surface area contributed by atoms with E-state index in [1.807, 2.05) is 36.6 Å². The third-order valence-electron chi connectivity index (χ3n) is 2.91. The number of furan rings is 1. The van der Waals surface area contributed by atoms with Crippen LogP contribution in [-0.2, 0) is 6.42 Å². The SMILES string of the molecule is Cc1nc(CC(O)c2cc3cccc(Br)c3o2)cs1. The van der Waals surface area contributed by atoms with Gasteiger partial charge in [0.25, 0.3) is 0 Å². The number of halogens is 1. The number of hydrogen-bond donors (Lipinski definition) is 1. The molecule has 3 nitrogen and oxygen atoms in total. The van der Waals surface area contributed by atoms with Gasteiger partial charge in [-0.2, -0.15) is 0 Å². The van der Waals surface area contributed by atoms with Crippen LogP contribution in [0.3, 0.4) is 0 Å². The van der Waals surface area contributed by atoms with Crippen molar-refractivity contribution in [3.63, 3.8) is 0 Å². The third-order valence-corrected chi connectivity index (χ3v) is 4.36. The van der Waals surface area contributed by atoms with Gasteiger partial charge in [-0.25, -0.2) is 4.98 Å². The van der Waals surface area contributed by atoms with E-state index in [4.69, 9.17) is 4.42 Å². The number of aliphatic hydroxyl groups is 1. The normalized spacial score (nSPS) is 13.0. The first-order chi connectivity index (χ1) is 9.13. The summed E-state index contributed by atoms with van der Waals surface area (Å²) in [4.78, 5) is 4.36. The number of aryl methyl sites for hydroxylation is 1. The molecule has 2 heterocycles. The quantitative estimate of drug-likeness (QED) is 0.777. The molecule has 1 atom stereocenters. The van der Waals surface area contributed by atoms with E-state index in [1.165, 1.54) is 0 Å². The number of aromatic nitrogens is 1. The molecule has 0 aliphatic rings. The zero-order valence-corrected chi connectivity index (χ0v) is 12.7. The molecule has 2 aromatic heterocycles. The number of thiazole rings is 1. The van der Waals surface area contributed by atoms with Crippen LogP contribution in [0.1, 0.15) is 22.6 Å². The molecule has 5 heteroatoms. The molecule has 0 bridgehead atoms. The second-order valence-electron chi connectivity index (χ2n) is 4.38. The maximum Gasteiger partial charge on any atom is 0.148 e. The highest BCUT2D eigenvalue weighted by atomic mass is 79.9. The molecule has 19 heavy (non-hydrogen) atoms. The fourth-order valence-corrected chi connectivity index (χ4v) is 3.10. The zero-order chi connectivity index (χ0) is 13.4. The van der Waals surface area contributed by atoms with Crippen molar-refractivity contribution in [1.82, 2.24) is 4.98 Å². The largest absolute Gasteiger partial charge is 0.457 e. The van der Waals surface area contributed by atoms with Gasteiger partial charge in [0, 0.05) is 17.2 Å². The lowest BCUT2D eigenvalue weighted by Crippen LogP contribution is -2.00. The van der Waals surface area contributed by atoms with Crippen LogP contribution in [0, 0.1) is 6.92 Å². The molecule has 3 aromatic rings. The van der Waals surface area contributed by atoms with Crippen molar-refractivity contribution >= 4 is 38.2 Å². The summed E-state index contributed by atoms with van der Waals surface area (Å²) in [5.41, 5.74) is 1.67. The van der Waals surface area contributed by atoms with E-state index in [0.29, 0.717) is 12.2 Å². The summed E-state index contributed by atoms with van der Waals surface area (Å²) >= 11 is 5.03. The van der Waals surface area contributed by atoms with E-state index in [0.717, 1.165) is 26.1 Å². The van der Waals surface area contributed by atoms with Crippen LogP contribution in [-0.4, -0.2) is 10.1 Å². The molecule has 98 valence electrons. The molecule has 0 saturated heterocycles. The summed E-state index contributed by atoms with van der Waals surface area (Å²) in [5, 5.41) is 14.2. The van der Waals surface area contributed by atoms with Crippen LogP contribution < -0.4 is 0 Å². The van der Waals surface area contributed by atoms with E-state index < -0.39 is 6.10 Å². The number of hydrogen-bond acceptors (Lipinski definition) is 4. The van der Waals surface area contributed by atoms with Crippen molar-refractivity contribution in [2.24, 2.45) is 0 Å². The number of benzene rings is 1. The monoisotopic (exact) mass is 337 g/mol. The number of fused-ring (bicyclic) bond motifs is 1. The maximum absolute atomic E-state index is 10.2. The maximum atomic E-state index is 10.2. The van der Waals surface area contributed by atoms with Gasteiger partial charge in [0.2, 0.25) is 0 Å². The molecule has 1 aromatic carbocycles. The zero-order valence-electron chi connectivity index (χ0n) is 10.3. The van der Waals surface area contributed by atoms with Crippen LogP contribution >= 0.6 is 27.3 Å². The highest BCUT2D eigenvalue weighted by Gasteiger charge is 2.16. The lowest BCUT2D eigenvalue weighted by atomic mass is 10.1. The number of aliphatic hydroxyl groups excluding tert-OH is 1. The Morgan fingerprint density at radius 2 is 2.32 bits per heavy atom. The predicted octanol–water partition coefficient (Wildman–Crippen LogP) is 4.24. The molecule has 0 aliphatic heterocycles. The summed E-state index contributed by atoms with van der Waals surface area (Å²) in [6.07, 6.45) is -0.192. The van der Waals surface area contributed by atoms with Crippen molar-refractivity contribution in [2.45, 2.75) is 19.4 Å². The Morgan fingerprint density at radius 1 is 1.47 bits per heavy atom. The van der Waals surface area contributed by atoms with E-state index in [1.54, 1.807) is 11.3 Å². The Kier molecular flexibility index (Phi) is 3.43. The van der Waals surface area contributed by atoms with Crippen LogP contribution in [0.25, 0.3) is 11.0 Å². The Labute approximate surface area is 123 Å². The molecule has 0 saturated carbocycles. The minimum absolute atomic E-state index is 0.474. The van der Waals surface area contributed by atoms with Crippen molar-refractivity contribution in [2.75, 3.05) is 0 Å². The van der Waals surface area contributed by atoms with Crippen LogP contribution in [0.15, 0.2) is 38.5 Å². The summed E-state index contributed by atoms with van der Waals surface area (Å²) in [5.74, 6) is 0.576. The molecule has 0 aliphatic carbocycles. The fourth-order valence-electron chi connectivity index (χ4n) is 2.01. The second-order valence-corrected chi connectivity index (χ2v) is 6.30. The van der Waals surface area contributed by atoms with Gasteiger partial charge >= 0.3 is 0 Å². The molecule has 0 spiro atoms. The van der Waals surface area contributed by atoms with Crippen LogP contribution in [0.4, 0.5) is 0 Å². The van der Waals surface area contributed by atoms with Crippen LogP contribution in [0.2, 0.25) is 0 Å². The predicted molar refractivity (Wildman–Crippen MR) is 79.4 cm³/mol. The van der Waals surface area contributed by atoms with Crippen molar-refractivity contribution in [1.29, 1.82) is 0 Å². The van der Waals surface area contributed by atoms with Gasteiger partial charge in [-0.3, -0.25) is 0 Å². The number of para-hydroxylation sites is 1. The highest BCUT2D eigenvalue weighted by Crippen LogP contribution is 2.30. The minimum Gasteiger partial charge on any atom is -0.457 e. The fraction of sp³-hybridized carbons (Fsp3) is 0.214. The third kappa shape index (κ3) is 2.59. The van der Waals surface area contributed by atoms with Gasteiger partial charge in [0.1, 0.15) is 17.4 Å². The van der Waals surface area contributed by atoms with E-state index in [9.17, 15) is 5.11 Å². The van der Waals surface area contributed by atoms with Gasteiger partial charge in [0.05, 0.1) is 15.2 Å². The number of rotatable bonds is 3. The van der Waals surface area contributed by atoms with Crippen molar-refractivity contribution in [3.05, 3.63) is 50.6 Å². The standard InChI is InChI=1S/C14H12BrNO2S/c1-8-16-10(7-19-8)6-12(17)13-5-9-3-2-4-11(15)14(9)18-13/h2-5,7,12,17H,6H2,1H3. The average molecular weight is 338 g/mol. The number of nitrogens with zero attached hydrogens (tertiary/aromatic N) is 1. The Bertz CT molecular complexity index is 719. The molecule has 3 rings (SSSR count). The minimum atomic E-state index is -0.666. The summed E-state index contributed by atoms with van der Waals surface area (Å²) in [7, 11) is 0. The van der Waals surface area contributed by atoms with E-state index in [-0.39, 0.29) is 0 Å². The first-order valence-electron chi connectivity index (χ1n) is 5.90. The van der Waals surface area contributed by atoms with Gasteiger partial charge in [-0.1, -0.05) is 12.1 Å². The molecule has 0 amide bonds. The second kappa shape index (κ2) is 5.07.